The molecule has 2 aromatic carbocycles. The monoisotopic (exact) mass is 573 g/mol. The normalized spacial score (nSPS) is 17.7. The first kappa shape index (κ1) is 30.1. The molecule has 2 fully saturated rings. The van der Waals surface area contributed by atoms with Crippen LogP contribution in [0.4, 0.5) is 0 Å². The third kappa shape index (κ3) is 7.72. The van der Waals surface area contributed by atoms with Gasteiger partial charge in [-0.1, -0.05) is 42.3 Å². The quantitative estimate of drug-likeness (QED) is 0.353. The van der Waals surface area contributed by atoms with Gasteiger partial charge in [-0.05, 0) is 69.8 Å². The van der Waals surface area contributed by atoms with Gasteiger partial charge in [-0.2, -0.15) is 0 Å². The van der Waals surface area contributed by atoms with Crippen LogP contribution in [0.3, 0.4) is 0 Å². The highest BCUT2D eigenvalue weighted by Gasteiger charge is 2.27. The Hall–Kier alpha value is -3.36. The molecule has 8 heteroatoms. The van der Waals surface area contributed by atoms with Gasteiger partial charge in [-0.15, -0.1) is 0 Å². The number of amides is 2. The molecule has 1 atom stereocenters. The number of likely N-dealkylation sites (tertiary alicyclic amines) is 2. The van der Waals surface area contributed by atoms with Crippen molar-refractivity contribution >= 4 is 22.7 Å². The number of para-hydroxylation sites is 1. The highest BCUT2D eigenvalue weighted by atomic mass is 16.5. The Bertz CT molecular complexity index is 1340. The average molecular weight is 574 g/mol. The first-order valence-corrected chi connectivity index (χ1v) is 15.6. The number of benzene rings is 2. The fraction of sp³-hybridized carbons (Fsp3) is 0.529. The maximum atomic E-state index is 13.5. The number of methoxy groups -OCH3 is 1. The minimum atomic E-state index is -0.234. The molecule has 1 aromatic heterocycles. The predicted octanol–water partition coefficient (Wildman–Crippen LogP) is 4.51. The molecular weight excluding hydrogens is 526 g/mol. The number of hydrogen-bond acceptors (Lipinski definition) is 5. The minimum Gasteiger partial charge on any atom is -0.496 e. The van der Waals surface area contributed by atoms with E-state index in [0.29, 0.717) is 32.1 Å². The Balaban J connectivity index is 1.27. The summed E-state index contributed by atoms with van der Waals surface area (Å²) in [5.74, 6) is 0.751. The molecule has 42 heavy (non-hydrogen) atoms. The molecule has 2 saturated heterocycles. The number of carbonyl (C=O) groups excluding carboxylic acids is 2. The zero-order chi connectivity index (χ0) is 29.5. The third-order valence-corrected chi connectivity index (χ3v) is 9.02. The molecule has 0 bridgehead atoms. The van der Waals surface area contributed by atoms with E-state index in [-0.39, 0.29) is 17.9 Å². The summed E-state index contributed by atoms with van der Waals surface area (Å²) in [7, 11) is 1.65. The number of aromatic nitrogens is 1. The number of rotatable bonds is 11. The second kappa shape index (κ2) is 14.2. The van der Waals surface area contributed by atoms with E-state index in [2.05, 4.69) is 38.3 Å². The second-order valence-electron chi connectivity index (χ2n) is 12.1. The fourth-order valence-corrected chi connectivity index (χ4v) is 6.74. The molecule has 2 aliphatic heterocycles. The van der Waals surface area contributed by atoms with Crippen LogP contribution < -0.4 is 10.1 Å². The average Bonchev–Trinajstić information content (AvgIpc) is 3.40. The van der Waals surface area contributed by atoms with Gasteiger partial charge in [-0.25, -0.2) is 0 Å². The Labute approximate surface area is 250 Å². The van der Waals surface area contributed by atoms with Crippen LogP contribution in [0.2, 0.25) is 0 Å². The standard InChI is InChI=1S/C34H47N5O3/c1-25-11-12-33(42-3)28(19-25)22-39(26(2)40)23-29(20-27-21-35-32-10-6-5-9-31(27)32)36-34(41)24-37-17-13-30(14-18-37)38-15-7-4-8-16-38/h5-6,9-12,19,21,29-30,35H,4,7-8,13-18,20,22-24H2,1-3H3,(H,36,41)/t29-/m0/s1. The van der Waals surface area contributed by atoms with E-state index in [4.69, 9.17) is 4.74 Å². The van der Waals surface area contributed by atoms with Gasteiger partial charge in [-0.3, -0.25) is 14.5 Å². The summed E-state index contributed by atoms with van der Waals surface area (Å²) < 4.78 is 5.59. The van der Waals surface area contributed by atoms with E-state index < -0.39 is 0 Å². The smallest absolute Gasteiger partial charge is 0.234 e. The number of fused-ring (bicyclic) bond motifs is 1. The van der Waals surface area contributed by atoms with Crippen LogP contribution in [0.5, 0.6) is 5.75 Å². The molecule has 2 N–H and O–H groups in total. The summed E-state index contributed by atoms with van der Waals surface area (Å²) in [6.07, 6.45) is 8.89. The third-order valence-electron chi connectivity index (χ3n) is 9.02. The van der Waals surface area contributed by atoms with E-state index in [1.54, 1.807) is 14.0 Å². The Morgan fingerprint density at radius 1 is 1.05 bits per heavy atom. The molecule has 5 rings (SSSR count). The van der Waals surface area contributed by atoms with E-state index in [1.807, 2.05) is 42.3 Å². The van der Waals surface area contributed by atoms with Crippen LogP contribution in [0.25, 0.3) is 10.9 Å². The molecule has 0 saturated carbocycles. The Morgan fingerprint density at radius 3 is 2.55 bits per heavy atom. The lowest BCUT2D eigenvalue weighted by Crippen LogP contribution is -2.51. The van der Waals surface area contributed by atoms with E-state index >= 15 is 0 Å². The molecule has 3 heterocycles. The molecule has 0 unspecified atom stereocenters. The molecule has 3 aromatic rings. The molecule has 2 aliphatic rings. The highest BCUT2D eigenvalue weighted by molar-refractivity contribution is 5.83. The van der Waals surface area contributed by atoms with Gasteiger partial charge < -0.3 is 24.8 Å². The van der Waals surface area contributed by atoms with Gasteiger partial charge in [0.2, 0.25) is 11.8 Å². The first-order chi connectivity index (χ1) is 20.4. The van der Waals surface area contributed by atoms with E-state index in [0.717, 1.165) is 59.3 Å². The molecule has 8 nitrogen and oxygen atoms in total. The van der Waals surface area contributed by atoms with Gasteiger partial charge in [0.15, 0.2) is 0 Å². The summed E-state index contributed by atoms with van der Waals surface area (Å²) in [6, 6.07) is 14.7. The summed E-state index contributed by atoms with van der Waals surface area (Å²) >= 11 is 0. The fourth-order valence-electron chi connectivity index (χ4n) is 6.74. The SMILES string of the molecule is COc1ccc(C)cc1CN(C[C@H](Cc1c[nH]c2ccccc12)NC(=O)CN1CCC(N2CCCCC2)CC1)C(C)=O. The summed E-state index contributed by atoms with van der Waals surface area (Å²) in [4.78, 5) is 36.5. The van der Waals surface area contributed by atoms with Crippen molar-refractivity contribution in [2.75, 3.05) is 46.4 Å². The number of piperidine rings is 2. The van der Waals surface area contributed by atoms with Crippen molar-refractivity contribution in [1.29, 1.82) is 0 Å². The van der Waals surface area contributed by atoms with Gasteiger partial charge >= 0.3 is 0 Å². The van der Waals surface area contributed by atoms with Crippen LogP contribution >= 0.6 is 0 Å². The second-order valence-corrected chi connectivity index (χ2v) is 12.1. The molecule has 226 valence electrons. The lowest BCUT2D eigenvalue weighted by molar-refractivity contribution is -0.131. The zero-order valence-corrected chi connectivity index (χ0v) is 25.5. The number of H-pyrrole nitrogens is 1. The van der Waals surface area contributed by atoms with E-state index in [9.17, 15) is 9.59 Å². The van der Waals surface area contributed by atoms with Crippen molar-refractivity contribution in [3.8, 4) is 5.75 Å². The number of hydrogen-bond donors (Lipinski definition) is 2. The Kier molecular flexibility index (Phi) is 10.2. The number of aryl methyl sites for hydroxylation is 1. The molecule has 0 radical (unpaired) electrons. The topological polar surface area (TPSA) is 80.9 Å². The first-order valence-electron chi connectivity index (χ1n) is 15.6. The van der Waals surface area contributed by atoms with Crippen LogP contribution in [-0.4, -0.2) is 90.0 Å². The van der Waals surface area contributed by atoms with Crippen molar-refractivity contribution in [3.63, 3.8) is 0 Å². The minimum absolute atomic E-state index is 0.0212. The summed E-state index contributed by atoms with van der Waals surface area (Å²) in [5.41, 5.74) is 4.28. The number of nitrogens with one attached hydrogen (secondary N) is 2. The van der Waals surface area contributed by atoms with Gasteiger partial charge in [0.25, 0.3) is 0 Å². The Morgan fingerprint density at radius 2 is 1.81 bits per heavy atom. The lowest BCUT2D eigenvalue weighted by Gasteiger charge is -2.40. The van der Waals surface area contributed by atoms with Crippen LogP contribution in [0, 0.1) is 6.92 Å². The van der Waals surface area contributed by atoms with Crippen LogP contribution in [-0.2, 0) is 22.6 Å². The highest BCUT2D eigenvalue weighted by Crippen LogP contribution is 2.24. The largest absolute Gasteiger partial charge is 0.496 e. The number of carbonyl (C=O) groups is 2. The van der Waals surface area contributed by atoms with Gasteiger partial charge in [0.1, 0.15) is 5.75 Å². The molecule has 2 amide bonds. The van der Waals surface area contributed by atoms with Crippen molar-refractivity contribution in [2.45, 2.75) is 71.0 Å². The maximum absolute atomic E-state index is 13.5. The molecular formula is C34H47N5O3. The number of aromatic amines is 1. The van der Waals surface area contributed by atoms with Crippen molar-refractivity contribution in [1.82, 2.24) is 25.0 Å². The summed E-state index contributed by atoms with van der Waals surface area (Å²) in [5, 5.41) is 4.47. The van der Waals surface area contributed by atoms with Crippen molar-refractivity contribution in [3.05, 3.63) is 65.4 Å². The summed E-state index contributed by atoms with van der Waals surface area (Å²) in [6.45, 7) is 9.21. The van der Waals surface area contributed by atoms with Crippen LogP contribution in [0.1, 0.15) is 55.7 Å². The number of nitrogens with zero attached hydrogens (tertiary/aromatic N) is 3. The zero-order valence-electron chi connectivity index (χ0n) is 25.5. The lowest BCUT2D eigenvalue weighted by atomic mass is 10.00. The number of ether oxygens (including phenoxy) is 1. The van der Waals surface area contributed by atoms with E-state index in [1.165, 1.54) is 32.4 Å². The predicted molar refractivity (Wildman–Crippen MR) is 168 cm³/mol. The van der Waals surface area contributed by atoms with Gasteiger partial charge in [0.05, 0.1) is 19.7 Å². The maximum Gasteiger partial charge on any atom is 0.234 e. The van der Waals surface area contributed by atoms with Crippen LogP contribution in [0.15, 0.2) is 48.7 Å². The van der Waals surface area contributed by atoms with Crippen molar-refractivity contribution < 1.29 is 14.3 Å². The van der Waals surface area contributed by atoms with Crippen molar-refractivity contribution in [2.24, 2.45) is 0 Å². The molecule has 0 spiro atoms. The van der Waals surface area contributed by atoms with Gasteiger partial charge in [0, 0.05) is 61.8 Å². The molecule has 0 aliphatic carbocycles.